The van der Waals surface area contributed by atoms with E-state index in [1.807, 2.05) is 11.8 Å². The minimum atomic E-state index is -0.818. The summed E-state index contributed by atoms with van der Waals surface area (Å²) in [5, 5.41) is 18.2. The summed E-state index contributed by atoms with van der Waals surface area (Å²) >= 11 is 0. The van der Waals surface area contributed by atoms with E-state index in [2.05, 4.69) is 0 Å². The van der Waals surface area contributed by atoms with Crippen molar-refractivity contribution in [2.75, 3.05) is 13.1 Å². The highest BCUT2D eigenvalue weighted by Crippen LogP contribution is 2.18. The van der Waals surface area contributed by atoms with Crippen LogP contribution in [0.4, 0.5) is 0 Å². The van der Waals surface area contributed by atoms with Crippen LogP contribution in [0, 0.1) is 5.92 Å². The molecule has 4 heteroatoms. The average Bonchev–Trinajstić information content (AvgIpc) is 2.01. The molecule has 0 amide bonds. The maximum absolute atomic E-state index is 10.7. The minimum Gasteiger partial charge on any atom is -0.480 e. The molecule has 0 bridgehead atoms. The van der Waals surface area contributed by atoms with Crippen molar-refractivity contribution in [1.82, 2.24) is 4.90 Å². The first-order valence-electron chi connectivity index (χ1n) is 4.65. The second-order valence-corrected chi connectivity index (χ2v) is 3.96. The lowest BCUT2D eigenvalue weighted by molar-refractivity contribution is -0.144. The van der Waals surface area contributed by atoms with E-state index in [9.17, 15) is 9.90 Å². The van der Waals surface area contributed by atoms with Gasteiger partial charge in [0.2, 0.25) is 0 Å². The van der Waals surface area contributed by atoms with E-state index >= 15 is 0 Å². The Morgan fingerprint density at radius 3 is 2.62 bits per heavy atom. The average molecular weight is 187 g/mol. The Morgan fingerprint density at radius 2 is 2.15 bits per heavy atom. The van der Waals surface area contributed by atoms with E-state index in [-0.39, 0.29) is 6.10 Å². The second kappa shape index (κ2) is 4.07. The van der Waals surface area contributed by atoms with E-state index < -0.39 is 12.0 Å². The summed E-state index contributed by atoms with van der Waals surface area (Å²) < 4.78 is 0. The molecule has 76 valence electrons. The maximum Gasteiger partial charge on any atom is 0.320 e. The third-order valence-electron chi connectivity index (χ3n) is 2.57. The molecular weight excluding hydrogens is 170 g/mol. The van der Waals surface area contributed by atoms with Crippen LogP contribution in [0.1, 0.15) is 20.3 Å². The van der Waals surface area contributed by atoms with Gasteiger partial charge in [-0.2, -0.15) is 0 Å². The number of piperidine rings is 1. The molecule has 0 aromatic rings. The second-order valence-electron chi connectivity index (χ2n) is 3.96. The van der Waals surface area contributed by atoms with Crippen molar-refractivity contribution >= 4 is 5.97 Å². The Hall–Kier alpha value is -0.610. The van der Waals surface area contributed by atoms with Crippen LogP contribution >= 0.6 is 0 Å². The van der Waals surface area contributed by atoms with Crippen LogP contribution in [0.25, 0.3) is 0 Å². The fraction of sp³-hybridized carbons (Fsp3) is 0.889. The molecule has 0 spiro atoms. The van der Waals surface area contributed by atoms with E-state index in [0.717, 1.165) is 13.0 Å². The van der Waals surface area contributed by atoms with Gasteiger partial charge in [-0.15, -0.1) is 0 Å². The number of aliphatic carboxylic acids is 1. The topological polar surface area (TPSA) is 60.8 Å². The number of aliphatic hydroxyl groups excluding tert-OH is 1. The van der Waals surface area contributed by atoms with Crippen molar-refractivity contribution in [2.45, 2.75) is 32.4 Å². The fourth-order valence-electron chi connectivity index (χ4n) is 1.83. The summed E-state index contributed by atoms with van der Waals surface area (Å²) in [5.41, 5.74) is 0. The van der Waals surface area contributed by atoms with Gasteiger partial charge in [0.15, 0.2) is 0 Å². The first-order chi connectivity index (χ1) is 6.00. The number of hydrogen-bond acceptors (Lipinski definition) is 3. The molecule has 0 radical (unpaired) electrons. The van der Waals surface area contributed by atoms with Crippen molar-refractivity contribution in [3.8, 4) is 0 Å². The molecule has 2 N–H and O–H groups in total. The number of aliphatic hydroxyl groups is 1. The van der Waals surface area contributed by atoms with Crippen LogP contribution in [-0.2, 0) is 4.79 Å². The van der Waals surface area contributed by atoms with Gasteiger partial charge in [-0.1, -0.05) is 6.92 Å². The predicted octanol–water partition coefficient (Wildman–Crippen LogP) is 0.162. The van der Waals surface area contributed by atoms with Gasteiger partial charge in [0.25, 0.3) is 0 Å². The van der Waals surface area contributed by atoms with Gasteiger partial charge >= 0.3 is 5.97 Å². The van der Waals surface area contributed by atoms with Gasteiger partial charge in [-0.05, 0) is 19.3 Å². The van der Waals surface area contributed by atoms with Gasteiger partial charge in [0.05, 0.1) is 6.10 Å². The zero-order chi connectivity index (χ0) is 10.0. The SMILES string of the molecule is CC1CC(O)CN(C(C)C(=O)O)C1. The van der Waals surface area contributed by atoms with Crippen molar-refractivity contribution in [3.63, 3.8) is 0 Å². The summed E-state index contributed by atoms with van der Waals surface area (Å²) in [5.74, 6) is -0.438. The van der Waals surface area contributed by atoms with Crippen molar-refractivity contribution < 1.29 is 15.0 Å². The standard InChI is InChI=1S/C9H17NO3/c1-6-3-8(11)5-10(4-6)7(2)9(12)13/h6-8,11H,3-5H2,1-2H3,(H,12,13). The number of carboxylic acid groups (broad SMARTS) is 1. The first kappa shape index (κ1) is 10.5. The number of hydrogen-bond donors (Lipinski definition) is 2. The van der Waals surface area contributed by atoms with Crippen LogP contribution in [0.5, 0.6) is 0 Å². The summed E-state index contributed by atoms with van der Waals surface area (Å²) in [7, 11) is 0. The van der Waals surface area contributed by atoms with E-state index in [4.69, 9.17) is 5.11 Å². The monoisotopic (exact) mass is 187 g/mol. The zero-order valence-corrected chi connectivity index (χ0v) is 8.10. The Labute approximate surface area is 78.2 Å². The summed E-state index contributed by atoms with van der Waals surface area (Å²) in [6, 6.07) is -0.489. The quantitative estimate of drug-likeness (QED) is 0.646. The molecule has 0 saturated carbocycles. The van der Waals surface area contributed by atoms with E-state index in [1.165, 1.54) is 0 Å². The summed E-state index contributed by atoms with van der Waals surface area (Å²) in [4.78, 5) is 12.5. The molecule has 0 aromatic heterocycles. The molecular formula is C9H17NO3. The molecule has 0 aromatic carbocycles. The van der Waals surface area contributed by atoms with Crippen LogP contribution in [0.3, 0.4) is 0 Å². The largest absolute Gasteiger partial charge is 0.480 e. The Kier molecular flexibility index (Phi) is 3.27. The molecule has 1 heterocycles. The lowest BCUT2D eigenvalue weighted by Crippen LogP contribution is -2.49. The van der Waals surface area contributed by atoms with Gasteiger partial charge in [-0.25, -0.2) is 0 Å². The molecule has 4 nitrogen and oxygen atoms in total. The van der Waals surface area contributed by atoms with Crippen molar-refractivity contribution in [2.24, 2.45) is 5.92 Å². The number of carbonyl (C=O) groups is 1. The van der Waals surface area contributed by atoms with E-state index in [0.29, 0.717) is 12.5 Å². The van der Waals surface area contributed by atoms with Crippen LogP contribution < -0.4 is 0 Å². The number of likely N-dealkylation sites (tertiary alicyclic amines) is 1. The molecule has 1 aliphatic rings. The van der Waals surface area contributed by atoms with Crippen molar-refractivity contribution in [1.29, 1.82) is 0 Å². The molecule has 1 fully saturated rings. The number of rotatable bonds is 2. The highest BCUT2D eigenvalue weighted by atomic mass is 16.4. The molecule has 3 atom stereocenters. The Balaban J connectivity index is 2.54. The van der Waals surface area contributed by atoms with Crippen LogP contribution in [-0.4, -0.2) is 46.3 Å². The normalized spacial score (nSPS) is 32.8. The number of carboxylic acids is 1. The third kappa shape index (κ3) is 2.67. The summed E-state index contributed by atoms with van der Waals surface area (Å²) in [6.07, 6.45) is 0.411. The molecule has 13 heavy (non-hydrogen) atoms. The number of β-amino-alcohol motifs (C(OH)–C–C–N with tert-alkyl or cyclic N) is 1. The van der Waals surface area contributed by atoms with E-state index in [1.54, 1.807) is 6.92 Å². The lowest BCUT2D eigenvalue weighted by Gasteiger charge is -2.36. The maximum atomic E-state index is 10.7. The third-order valence-corrected chi connectivity index (χ3v) is 2.57. The molecule has 1 rings (SSSR count). The highest BCUT2D eigenvalue weighted by Gasteiger charge is 2.29. The lowest BCUT2D eigenvalue weighted by atomic mass is 9.97. The predicted molar refractivity (Wildman–Crippen MR) is 48.5 cm³/mol. The molecule has 3 unspecified atom stereocenters. The number of nitrogens with zero attached hydrogens (tertiary/aromatic N) is 1. The fourth-order valence-corrected chi connectivity index (χ4v) is 1.83. The van der Waals surface area contributed by atoms with Crippen LogP contribution in [0.15, 0.2) is 0 Å². The van der Waals surface area contributed by atoms with Gasteiger partial charge in [0.1, 0.15) is 6.04 Å². The minimum absolute atomic E-state index is 0.370. The summed E-state index contributed by atoms with van der Waals surface area (Å²) in [6.45, 7) is 4.94. The van der Waals surface area contributed by atoms with Gasteiger partial charge < -0.3 is 10.2 Å². The highest BCUT2D eigenvalue weighted by molar-refractivity contribution is 5.72. The Morgan fingerprint density at radius 1 is 1.54 bits per heavy atom. The first-order valence-corrected chi connectivity index (χ1v) is 4.65. The zero-order valence-electron chi connectivity index (χ0n) is 8.10. The van der Waals surface area contributed by atoms with Gasteiger partial charge in [0, 0.05) is 13.1 Å². The molecule has 1 aliphatic heterocycles. The molecule has 1 saturated heterocycles. The van der Waals surface area contributed by atoms with Crippen molar-refractivity contribution in [3.05, 3.63) is 0 Å². The Bertz CT molecular complexity index is 185. The van der Waals surface area contributed by atoms with Gasteiger partial charge in [-0.3, -0.25) is 9.69 Å². The van der Waals surface area contributed by atoms with Crippen LogP contribution in [0.2, 0.25) is 0 Å². The smallest absolute Gasteiger partial charge is 0.320 e. The molecule has 0 aliphatic carbocycles.